The number of carbonyl (C=O) groups is 1. The number of esters is 1. The fourth-order valence-corrected chi connectivity index (χ4v) is 1.13. The number of ether oxygens (including phenoxy) is 1. The van der Waals surface area contributed by atoms with E-state index in [1.54, 1.807) is 13.8 Å². The summed E-state index contributed by atoms with van der Waals surface area (Å²) < 4.78 is 17.7. The maximum absolute atomic E-state index is 12.9. The molecule has 1 aromatic carbocycles. The molecule has 14 heavy (non-hydrogen) atoms. The Labute approximate surface area is 81.7 Å². The predicted molar refractivity (Wildman–Crippen MR) is 51.5 cm³/mol. The first-order valence-electron chi connectivity index (χ1n) is 4.29. The molecule has 1 aromatic rings. The molecule has 4 heteroatoms. The summed E-state index contributed by atoms with van der Waals surface area (Å²) in [5.74, 6) is -0.993. The van der Waals surface area contributed by atoms with Crippen LogP contribution in [0.2, 0.25) is 0 Å². The van der Waals surface area contributed by atoms with Crippen LogP contribution in [0.15, 0.2) is 12.1 Å². The monoisotopic (exact) mass is 197 g/mol. The Bertz CT molecular complexity index is 363. The highest BCUT2D eigenvalue weighted by Crippen LogP contribution is 2.20. The number of nitrogen functional groups attached to an aromatic ring is 1. The van der Waals surface area contributed by atoms with Crippen molar-refractivity contribution in [2.75, 3.05) is 12.3 Å². The summed E-state index contributed by atoms with van der Waals surface area (Å²) >= 11 is 0. The maximum Gasteiger partial charge on any atom is 0.338 e. The minimum absolute atomic E-state index is 0.00412. The first kappa shape index (κ1) is 10.5. The number of anilines is 1. The molecule has 0 amide bonds. The topological polar surface area (TPSA) is 52.3 Å². The van der Waals surface area contributed by atoms with Crippen LogP contribution < -0.4 is 5.73 Å². The molecule has 0 aliphatic rings. The third-order valence-corrected chi connectivity index (χ3v) is 1.96. The van der Waals surface area contributed by atoms with Crippen molar-refractivity contribution in [3.63, 3.8) is 0 Å². The van der Waals surface area contributed by atoms with E-state index in [9.17, 15) is 9.18 Å². The molecule has 1 rings (SSSR count). The molecule has 0 aromatic heterocycles. The van der Waals surface area contributed by atoms with Gasteiger partial charge in [0, 0.05) is 0 Å². The van der Waals surface area contributed by atoms with Crippen molar-refractivity contribution in [3.05, 3.63) is 29.1 Å². The van der Waals surface area contributed by atoms with E-state index in [4.69, 9.17) is 10.5 Å². The first-order chi connectivity index (χ1) is 6.57. The molecule has 0 unspecified atom stereocenters. The Balaban J connectivity index is 3.11. The van der Waals surface area contributed by atoms with Gasteiger partial charge in [0.25, 0.3) is 0 Å². The van der Waals surface area contributed by atoms with Gasteiger partial charge in [-0.1, -0.05) is 0 Å². The SMILES string of the molecule is CCOC(=O)c1ccc(F)c(N)c1C. The third-order valence-electron chi connectivity index (χ3n) is 1.96. The highest BCUT2D eigenvalue weighted by Gasteiger charge is 2.13. The fourth-order valence-electron chi connectivity index (χ4n) is 1.13. The lowest BCUT2D eigenvalue weighted by Gasteiger charge is -2.07. The molecule has 0 atom stereocenters. The summed E-state index contributed by atoms with van der Waals surface area (Å²) in [6.45, 7) is 3.58. The van der Waals surface area contributed by atoms with Crippen LogP contribution in [0.1, 0.15) is 22.8 Å². The molecule has 0 spiro atoms. The number of halogens is 1. The second-order valence-electron chi connectivity index (χ2n) is 2.85. The Kier molecular flexibility index (Phi) is 3.06. The van der Waals surface area contributed by atoms with Gasteiger partial charge in [-0.25, -0.2) is 9.18 Å². The molecular weight excluding hydrogens is 185 g/mol. The van der Waals surface area contributed by atoms with Crippen molar-refractivity contribution in [2.24, 2.45) is 0 Å². The average Bonchev–Trinajstić information content (AvgIpc) is 2.15. The standard InChI is InChI=1S/C10H12FNO2/c1-3-14-10(13)7-4-5-8(11)9(12)6(7)2/h4-5H,3,12H2,1-2H3. The van der Waals surface area contributed by atoms with Gasteiger partial charge in [-0.05, 0) is 31.5 Å². The van der Waals surface area contributed by atoms with E-state index in [-0.39, 0.29) is 12.3 Å². The smallest absolute Gasteiger partial charge is 0.338 e. The Morgan fingerprint density at radius 3 is 2.79 bits per heavy atom. The third kappa shape index (κ3) is 1.84. The van der Waals surface area contributed by atoms with Gasteiger partial charge in [0.05, 0.1) is 17.9 Å². The van der Waals surface area contributed by atoms with E-state index in [2.05, 4.69) is 0 Å². The van der Waals surface area contributed by atoms with Crippen molar-refractivity contribution in [1.29, 1.82) is 0 Å². The van der Waals surface area contributed by atoms with Crippen molar-refractivity contribution in [1.82, 2.24) is 0 Å². The number of rotatable bonds is 2. The lowest BCUT2D eigenvalue weighted by molar-refractivity contribution is 0.0525. The molecule has 0 heterocycles. The van der Waals surface area contributed by atoms with Crippen LogP contribution in [-0.2, 0) is 4.74 Å². The Morgan fingerprint density at radius 1 is 1.57 bits per heavy atom. The van der Waals surface area contributed by atoms with Crippen LogP contribution in [0.4, 0.5) is 10.1 Å². The summed E-state index contributed by atoms with van der Waals surface area (Å²) in [7, 11) is 0. The van der Waals surface area contributed by atoms with E-state index in [0.29, 0.717) is 11.1 Å². The van der Waals surface area contributed by atoms with E-state index < -0.39 is 11.8 Å². The lowest BCUT2D eigenvalue weighted by atomic mass is 10.1. The molecule has 0 saturated carbocycles. The number of benzene rings is 1. The molecule has 0 fully saturated rings. The van der Waals surface area contributed by atoms with Crippen LogP contribution in [0.5, 0.6) is 0 Å². The summed E-state index contributed by atoms with van der Waals surface area (Å²) in [4.78, 5) is 11.3. The van der Waals surface area contributed by atoms with Crippen LogP contribution in [0.25, 0.3) is 0 Å². The van der Waals surface area contributed by atoms with Gasteiger partial charge in [-0.3, -0.25) is 0 Å². The normalized spacial score (nSPS) is 9.93. The second-order valence-corrected chi connectivity index (χ2v) is 2.85. The fraction of sp³-hybridized carbons (Fsp3) is 0.300. The molecular formula is C10H12FNO2. The zero-order chi connectivity index (χ0) is 10.7. The molecule has 3 nitrogen and oxygen atoms in total. The number of hydrogen-bond acceptors (Lipinski definition) is 3. The summed E-state index contributed by atoms with van der Waals surface area (Å²) in [6.07, 6.45) is 0. The van der Waals surface area contributed by atoms with Crippen molar-refractivity contribution < 1.29 is 13.9 Å². The van der Waals surface area contributed by atoms with Gasteiger partial charge < -0.3 is 10.5 Å². The molecule has 0 radical (unpaired) electrons. The minimum Gasteiger partial charge on any atom is -0.462 e. The number of nitrogens with two attached hydrogens (primary N) is 1. The summed E-state index contributed by atoms with van der Waals surface area (Å²) in [5.41, 5.74) is 6.16. The quantitative estimate of drug-likeness (QED) is 0.581. The van der Waals surface area contributed by atoms with Crippen LogP contribution in [-0.4, -0.2) is 12.6 Å². The minimum atomic E-state index is -0.518. The van der Waals surface area contributed by atoms with Gasteiger partial charge in [-0.2, -0.15) is 0 Å². The highest BCUT2D eigenvalue weighted by atomic mass is 19.1. The maximum atomic E-state index is 12.9. The van der Waals surface area contributed by atoms with Gasteiger partial charge in [0.2, 0.25) is 0 Å². The van der Waals surface area contributed by atoms with Crippen molar-refractivity contribution in [3.8, 4) is 0 Å². The van der Waals surface area contributed by atoms with Gasteiger partial charge in [-0.15, -0.1) is 0 Å². The van der Waals surface area contributed by atoms with E-state index in [0.717, 1.165) is 6.07 Å². The molecule has 0 aliphatic heterocycles. The lowest BCUT2D eigenvalue weighted by Crippen LogP contribution is -2.09. The summed E-state index contributed by atoms with van der Waals surface area (Å²) in [6, 6.07) is 2.54. The van der Waals surface area contributed by atoms with Crippen LogP contribution >= 0.6 is 0 Å². The molecule has 0 bridgehead atoms. The van der Waals surface area contributed by atoms with E-state index in [1.165, 1.54) is 6.07 Å². The van der Waals surface area contributed by atoms with E-state index >= 15 is 0 Å². The average molecular weight is 197 g/mol. The predicted octanol–water partition coefficient (Wildman–Crippen LogP) is 1.89. The molecule has 2 N–H and O–H groups in total. The largest absolute Gasteiger partial charge is 0.462 e. The van der Waals surface area contributed by atoms with Crippen LogP contribution in [0.3, 0.4) is 0 Å². The Morgan fingerprint density at radius 2 is 2.21 bits per heavy atom. The number of carbonyl (C=O) groups excluding carboxylic acids is 1. The van der Waals surface area contributed by atoms with E-state index in [1.807, 2.05) is 0 Å². The highest BCUT2D eigenvalue weighted by molar-refractivity contribution is 5.92. The molecule has 76 valence electrons. The first-order valence-corrected chi connectivity index (χ1v) is 4.29. The molecule has 0 aliphatic carbocycles. The van der Waals surface area contributed by atoms with Gasteiger partial charge >= 0.3 is 5.97 Å². The zero-order valence-corrected chi connectivity index (χ0v) is 8.13. The summed E-state index contributed by atoms with van der Waals surface area (Å²) in [5, 5.41) is 0. The van der Waals surface area contributed by atoms with Crippen molar-refractivity contribution >= 4 is 11.7 Å². The number of hydrogen-bond donors (Lipinski definition) is 1. The van der Waals surface area contributed by atoms with Gasteiger partial charge in [0.15, 0.2) is 0 Å². The van der Waals surface area contributed by atoms with Gasteiger partial charge in [0.1, 0.15) is 5.82 Å². The van der Waals surface area contributed by atoms with Crippen molar-refractivity contribution in [2.45, 2.75) is 13.8 Å². The second kappa shape index (κ2) is 4.09. The zero-order valence-electron chi connectivity index (χ0n) is 8.13. The Hall–Kier alpha value is -1.58. The molecule has 0 saturated heterocycles. The van der Waals surface area contributed by atoms with Crippen LogP contribution in [0, 0.1) is 12.7 Å².